The van der Waals surface area contributed by atoms with Crippen LogP contribution < -0.4 is 0 Å². The summed E-state index contributed by atoms with van der Waals surface area (Å²) < 4.78 is 10.7. The van der Waals surface area contributed by atoms with Crippen molar-refractivity contribution >= 4 is 5.91 Å². The van der Waals surface area contributed by atoms with E-state index >= 15 is 0 Å². The van der Waals surface area contributed by atoms with Crippen molar-refractivity contribution in [1.82, 2.24) is 19.9 Å². The van der Waals surface area contributed by atoms with Crippen LogP contribution in [0.25, 0.3) is 0 Å². The van der Waals surface area contributed by atoms with Crippen LogP contribution in [0.15, 0.2) is 4.52 Å². The number of hydrogen-bond acceptors (Lipinski definition) is 6. The SMILES string of the molecule is CC(=O)N(Cc1noc(C)n1)[C@@H]1CCN(C[C@H]2CCCO2)C1. The molecule has 0 radical (unpaired) electrons. The maximum Gasteiger partial charge on any atom is 0.223 e. The highest BCUT2D eigenvalue weighted by Crippen LogP contribution is 2.21. The summed E-state index contributed by atoms with van der Waals surface area (Å²) in [6, 6.07) is 0.220. The first-order valence-corrected chi connectivity index (χ1v) is 8.02. The summed E-state index contributed by atoms with van der Waals surface area (Å²) in [6.07, 6.45) is 3.67. The van der Waals surface area contributed by atoms with Gasteiger partial charge in [0.25, 0.3) is 0 Å². The first kappa shape index (κ1) is 15.4. The molecule has 122 valence electrons. The van der Waals surface area contributed by atoms with Gasteiger partial charge in [-0.15, -0.1) is 0 Å². The number of amides is 1. The fourth-order valence-corrected chi connectivity index (χ4v) is 3.36. The maximum absolute atomic E-state index is 12.0. The molecular formula is C15H24N4O3. The van der Waals surface area contributed by atoms with Crippen LogP contribution in [0.5, 0.6) is 0 Å². The fourth-order valence-electron chi connectivity index (χ4n) is 3.36. The summed E-state index contributed by atoms with van der Waals surface area (Å²) in [5.74, 6) is 1.17. The molecule has 3 heterocycles. The van der Waals surface area contributed by atoms with Crippen molar-refractivity contribution in [3.63, 3.8) is 0 Å². The highest BCUT2D eigenvalue weighted by Gasteiger charge is 2.31. The van der Waals surface area contributed by atoms with Crippen molar-refractivity contribution in [2.24, 2.45) is 0 Å². The topological polar surface area (TPSA) is 71.7 Å². The van der Waals surface area contributed by atoms with Gasteiger partial charge in [0.1, 0.15) is 0 Å². The predicted octanol–water partition coefficient (Wildman–Crippen LogP) is 0.980. The van der Waals surface area contributed by atoms with Crippen LogP contribution in [0.1, 0.15) is 37.9 Å². The number of hydrogen-bond donors (Lipinski definition) is 0. The van der Waals surface area contributed by atoms with E-state index in [1.165, 1.54) is 6.42 Å². The summed E-state index contributed by atoms with van der Waals surface area (Å²) in [5, 5.41) is 3.90. The minimum absolute atomic E-state index is 0.0615. The molecule has 1 amide bonds. The van der Waals surface area contributed by atoms with Crippen LogP contribution in [-0.2, 0) is 16.1 Å². The molecule has 0 aromatic carbocycles. The number of carbonyl (C=O) groups excluding carboxylic acids is 1. The average molecular weight is 308 g/mol. The van der Waals surface area contributed by atoms with Crippen molar-refractivity contribution in [2.45, 2.75) is 51.8 Å². The Morgan fingerprint density at radius 3 is 2.95 bits per heavy atom. The van der Waals surface area contributed by atoms with Gasteiger partial charge >= 0.3 is 0 Å². The third-order valence-electron chi connectivity index (χ3n) is 4.46. The number of rotatable bonds is 5. The monoisotopic (exact) mass is 308 g/mol. The lowest BCUT2D eigenvalue weighted by Gasteiger charge is -2.27. The molecule has 0 N–H and O–H groups in total. The number of nitrogens with zero attached hydrogens (tertiary/aromatic N) is 4. The number of likely N-dealkylation sites (tertiary alicyclic amines) is 1. The van der Waals surface area contributed by atoms with E-state index in [0.29, 0.717) is 24.4 Å². The first-order chi connectivity index (χ1) is 10.6. The van der Waals surface area contributed by atoms with Crippen LogP contribution in [0.2, 0.25) is 0 Å². The minimum atomic E-state index is 0.0615. The average Bonchev–Trinajstić information content (AvgIpc) is 3.19. The van der Waals surface area contributed by atoms with Crippen LogP contribution in [-0.4, -0.2) is 64.2 Å². The molecule has 2 atom stereocenters. The van der Waals surface area contributed by atoms with E-state index < -0.39 is 0 Å². The molecule has 1 aromatic heterocycles. The molecule has 2 fully saturated rings. The number of aryl methyl sites for hydroxylation is 1. The highest BCUT2D eigenvalue weighted by atomic mass is 16.5. The summed E-state index contributed by atoms with van der Waals surface area (Å²) in [5.41, 5.74) is 0. The Kier molecular flexibility index (Phi) is 4.73. The second-order valence-electron chi connectivity index (χ2n) is 6.21. The van der Waals surface area contributed by atoms with Gasteiger partial charge in [0.05, 0.1) is 12.6 Å². The molecule has 1 aromatic rings. The normalized spacial score (nSPS) is 25.7. The van der Waals surface area contributed by atoms with Crippen molar-refractivity contribution in [3.05, 3.63) is 11.7 Å². The third kappa shape index (κ3) is 3.64. The zero-order valence-corrected chi connectivity index (χ0v) is 13.3. The highest BCUT2D eigenvalue weighted by molar-refractivity contribution is 5.73. The Balaban J connectivity index is 1.57. The quantitative estimate of drug-likeness (QED) is 0.807. The largest absolute Gasteiger partial charge is 0.377 e. The van der Waals surface area contributed by atoms with Gasteiger partial charge in [-0.05, 0) is 19.3 Å². The summed E-state index contributed by atoms with van der Waals surface area (Å²) in [7, 11) is 0. The van der Waals surface area contributed by atoms with E-state index in [0.717, 1.165) is 39.1 Å². The van der Waals surface area contributed by atoms with Crippen molar-refractivity contribution in [3.8, 4) is 0 Å². The van der Waals surface area contributed by atoms with Gasteiger partial charge in [-0.1, -0.05) is 5.16 Å². The molecule has 0 aliphatic carbocycles. The van der Waals surface area contributed by atoms with Gasteiger partial charge < -0.3 is 14.2 Å². The Morgan fingerprint density at radius 2 is 2.32 bits per heavy atom. The zero-order chi connectivity index (χ0) is 15.5. The van der Waals surface area contributed by atoms with Crippen LogP contribution in [0.3, 0.4) is 0 Å². The standard InChI is InChI=1S/C15H24N4O3/c1-11-16-15(17-22-11)10-19(12(2)20)13-5-6-18(8-13)9-14-4-3-7-21-14/h13-14H,3-10H2,1-2H3/t13-,14-/m1/s1. The number of ether oxygens (including phenoxy) is 1. The molecule has 2 aliphatic rings. The van der Waals surface area contributed by atoms with Crippen molar-refractivity contribution in [1.29, 1.82) is 0 Å². The van der Waals surface area contributed by atoms with Crippen LogP contribution >= 0.6 is 0 Å². The van der Waals surface area contributed by atoms with E-state index in [-0.39, 0.29) is 11.9 Å². The summed E-state index contributed by atoms with van der Waals surface area (Å²) in [6.45, 7) is 7.56. The Labute approximate surface area is 130 Å². The predicted molar refractivity (Wildman–Crippen MR) is 79.1 cm³/mol. The molecule has 0 bridgehead atoms. The summed E-state index contributed by atoms with van der Waals surface area (Å²) in [4.78, 5) is 20.5. The molecule has 7 nitrogen and oxygen atoms in total. The Morgan fingerprint density at radius 1 is 1.45 bits per heavy atom. The van der Waals surface area contributed by atoms with E-state index in [4.69, 9.17) is 9.26 Å². The molecular weight excluding hydrogens is 284 g/mol. The van der Waals surface area contributed by atoms with Crippen molar-refractivity contribution < 1.29 is 14.1 Å². The van der Waals surface area contributed by atoms with E-state index in [1.54, 1.807) is 13.8 Å². The van der Waals surface area contributed by atoms with Crippen molar-refractivity contribution in [2.75, 3.05) is 26.2 Å². The molecule has 22 heavy (non-hydrogen) atoms. The first-order valence-electron chi connectivity index (χ1n) is 8.02. The Hall–Kier alpha value is -1.47. The van der Waals surface area contributed by atoms with Gasteiger partial charge in [-0.25, -0.2) is 0 Å². The molecule has 3 rings (SSSR count). The fraction of sp³-hybridized carbons (Fsp3) is 0.800. The molecule has 0 spiro atoms. The lowest BCUT2D eigenvalue weighted by Crippen LogP contribution is -2.41. The molecule has 2 aliphatic heterocycles. The van der Waals surface area contributed by atoms with Gasteiger partial charge in [0.15, 0.2) is 5.82 Å². The third-order valence-corrected chi connectivity index (χ3v) is 4.46. The second-order valence-corrected chi connectivity index (χ2v) is 6.21. The zero-order valence-electron chi connectivity index (χ0n) is 13.3. The molecule has 0 unspecified atom stereocenters. The molecule has 2 saturated heterocycles. The maximum atomic E-state index is 12.0. The van der Waals surface area contributed by atoms with E-state index in [9.17, 15) is 4.79 Å². The van der Waals surface area contributed by atoms with E-state index in [1.807, 2.05) is 4.90 Å². The van der Waals surface area contributed by atoms with Gasteiger partial charge in [0, 0.05) is 46.1 Å². The number of carbonyl (C=O) groups is 1. The van der Waals surface area contributed by atoms with Gasteiger partial charge in [0.2, 0.25) is 11.8 Å². The molecule has 7 heteroatoms. The summed E-state index contributed by atoms with van der Waals surface area (Å²) >= 11 is 0. The second kappa shape index (κ2) is 6.75. The lowest BCUT2D eigenvalue weighted by molar-refractivity contribution is -0.131. The van der Waals surface area contributed by atoms with Gasteiger partial charge in [-0.2, -0.15) is 4.98 Å². The minimum Gasteiger partial charge on any atom is -0.377 e. The molecule has 0 saturated carbocycles. The lowest BCUT2D eigenvalue weighted by atomic mass is 10.2. The number of aromatic nitrogens is 2. The van der Waals surface area contributed by atoms with Crippen LogP contribution in [0, 0.1) is 6.92 Å². The Bertz CT molecular complexity index is 513. The van der Waals surface area contributed by atoms with Gasteiger partial charge in [-0.3, -0.25) is 9.69 Å². The smallest absolute Gasteiger partial charge is 0.223 e. The van der Waals surface area contributed by atoms with Crippen LogP contribution in [0.4, 0.5) is 0 Å². The van der Waals surface area contributed by atoms with E-state index in [2.05, 4.69) is 15.0 Å².